The summed E-state index contributed by atoms with van der Waals surface area (Å²) >= 11 is 0. The van der Waals surface area contributed by atoms with Gasteiger partial charge in [-0.3, -0.25) is 4.79 Å². The van der Waals surface area contributed by atoms with Gasteiger partial charge in [0.1, 0.15) is 5.78 Å². The first-order chi connectivity index (χ1) is 11.2. The van der Waals surface area contributed by atoms with Gasteiger partial charge in [0, 0.05) is 19.3 Å². The smallest absolute Gasteiger partial charge is 0.133 e. The molecular formula is C22H48ClNO. The molecule has 0 fully saturated rings. The normalized spacial score (nSPS) is 10.4. The maximum absolute atomic E-state index is 11.7. The number of hydrogen-bond donors (Lipinski definition) is 1. The van der Waals surface area contributed by atoms with Crippen molar-refractivity contribution in [1.29, 1.82) is 0 Å². The van der Waals surface area contributed by atoms with Gasteiger partial charge in [0.15, 0.2) is 0 Å². The lowest BCUT2D eigenvalue weighted by Crippen LogP contribution is -3.05. The van der Waals surface area contributed by atoms with E-state index in [1.165, 1.54) is 81.9 Å². The molecule has 0 aliphatic heterocycles. The number of ketones is 1. The maximum Gasteiger partial charge on any atom is 0.133 e. The summed E-state index contributed by atoms with van der Waals surface area (Å²) in [6.45, 7) is 3.40. The lowest BCUT2D eigenvalue weighted by Gasteiger charge is -2.06. The van der Waals surface area contributed by atoms with Crippen LogP contribution in [0, 0.1) is 0 Å². The molecule has 0 aliphatic carbocycles. The van der Waals surface area contributed by atoms with Crippen molar-refractivity contribution < 1.29 is 22.1 Å². The quantitative estimate of drug-likeness (QED) is 0.364. The number of carbonyl (C=O) groups is 1. The minimum absolute atomic E-state index is 0. The molecule has 0 heterocycles. The average molecular weight is 378 g/mol. The number of quaternary nitrogens is 1. The Labute approximate surface area is 165 Å². The number of unbranched alkanes of at least 4 members (excludes halogenated alkanes) is 12. The van der Waals surface area contributed by atoms with Crippen molar-refractivity contribution in [2.24, 2.45) is 0 Å². The summed E-state index contributed by atoms with van der Waals surface area (Å²) < 4.78 is 0. The number of nitrogens with one attached hydrogen (secondary N) is 1. The van der Waals surface area contributed by atoms with E-state index in [0.29, 0.717) is 5.78 Å². The van der Waals surface area contributed by atoms with Crippen LogP contribution in [0.1, 0.15) is 117 Å². The van der Waals surface area contributed by atoms with Gasteiger partial charge < -0.3 is 17.3 Å². The zero-order valence-corrected chi connectivity index (χ0v) is 17.6. The van der Waals surface area contributed by atoms with Crippen LogP contribution in [-0.2, 0) is 4.79 Å². The molecule has 0 aliphatic rings. The Balaban J connectivity index is -0.00000242. The summed E-state index contributed by atoms with van der Waals surface area (Å²) in [5.74, 6) is 0.481. The Kier molecular flexibility index (Phi) is 28.4. The van der Waals surface area contributed by atoms with E-state index < -0.39 is 0 Å². The van der Waals surface area contributed by atoms with Crippen LogP contribution >= 0.6 is 0 Å². The third kappa shape index (κ3) is 26.3. The van der Waals surface area contributed by atoms with E-state index in [4.69, 9.17) is 0 Å². The van der Waals surface area contributed by atoms with E-state index in [9.17, 15) is 4.79 Å². The highest BCUT2D eigenvalue weighted by atomic mass is 35.5. The van der Waals surface area contributed by atoms with Crippen molar-refractivity contribution in [1.82, 2.24) is 0 Å². The molecule has 0 unspecified atom stereocenters. The van der Waals surface area contributed by atoms with E-state index >= 15 is 0 Å². The van der Waals surface area contributed by atoms with Crippen LogP contribution in [0.5, 0.6) is 0 Å². The lowest BCUT2D eigenvalue weighted by molar-refractivity contribution is -0.858. The second-order valence-corrected chi connectivity index (χ2v) is 7.59. The molecule has 0 rings (SSSR count). The first-order valence-corrected chi connectivity index (χ1v) is 10.5. The fourth-order valence-electron chi connectivity index (χ4n) is 3.10. The fraction of sp³-hybridized carbons (Fsp3) is 0.955. The summed E-state index contributed by atoms with van der Waals surface area (Å²) in [6.07, 6.45) is 20.5. The van der Waals surface area contributed by atoms with Gasteiger partial charge in [0.2, 0.25) is 0 Å². The third-order valence-corrected chi connectivity index (χ3v) is 4.69. The number of rotatable bonds is 18. The topological polar surface area (TPSA) is 21.5 Å². The van der Waals surface area contributed by atoms with Gasteiger partial charge in [-0.15, -0.1) is 0 Å². The van der Waals surface area contributed by atoms with Crippen molar-refractivity contribution in [3.05, 3.63) is 0 Å². The van der Waals surface area contributed by atoms with Crippen LogP contribution in [0.15, 0.2) is 0 Å². The predicted molar refractivity (Wildman–Crippen MR) is 109 cm³/mol. The molecule has 0 aromatic rings. The summed E-state index contributed by atoms with van der Waals surface area (Å²) in [4.78, 5) is 13.2. The Hall–Kier alpha value is -0.0800. The van der Waals surface area contributed by atoms with Gasteiger partial charge in [-0.25, -0.2) is 0 Å². The standard InChI is InChI=1S/C21H43NO.CH4.ClH/c1-4-5-6-7-8-9-10-11-12-13-14-15-16-18-21(23)19-17-20-22(2)3;;/h4-20H2,1-3H3;1H4;1H. The van der Waals surface area contributed by atoms with Crippen LogP contribution in [0.2, 0.25) is 0 Å². The molecule has 154 valence electrons. The van der Waals surface area contributed by atoms with Crippen molar-refractivity contribution in [3.63, 3.8) is 0 Å². The molecule has 0 aromatic carbocycles. The highest BCUT2D eigenvalue weighted by Gasteiger charge is 2.03. The molecule has 0 aromatic heterocycles. The Morgan fingerprint density at radius 3 is 1.40 bits per heavy atom. The van der Waals surface area contributed by atoms with Crippen LogP contribution in [0.4, 0.5) is 0 Å². The lowest BCUT2D eigenvalue weighted by atomic mass is 10.0. The molecule has 2 nitrogen and oxygen atoms in total. The van der Waals surface area contributed by atoms with Gasteiger partial charge in [-0.05, 0) is 6.42 Å². The highest BCUT2D eigenvalue weighted by molar-refractivity contribution is 5.78. The molecule has 0 saturated heterocycles. The summed E-state index contributed by atoms with van der Waals surface area (Å²) in [5.41, 5.74) is 0. The molecule has 1 N–H and O–H groups in total. The summed E-state index contributed by atoms with van der Waals surface area (Å²) in [7, 11) is 4.30. The summed E-state index contributed by atoms with van der Waals surface area (Å²) in [5, 5.41) is 0. The van der Waals surface area contributed by atoms with Gasteiger partial charge >= 0.3 is 0 Å². The summed E-state index contributed by atoms with van der Waals surface area (Å²) in [6, 6.07) is 0. The van der Waals surface area contributed by atoms with E-state index in [2.05, 4.69) is 21.0 Å². The first-order valence-electron chi connectivity index (χ1n) is 10.5. The molecule has 0 bridgehead atoms. The van der Waals surface area contributed by atoms with E-state index in [1.54, 1.807) is 0 Å². The number of carbonyl (C=O) groups excluding carboxylic acids is 1. The van der Waals surface area contributed by atoms with E-state index in [0.717, 1.165) is 32.2 Å². The maximum atomic E-state index is 11.7. The Morgan fingerprint density at radius 1 is 0.640 bits per heavy atom. The van der Waals surface area contributed by atoms with Crippen LogP contribution in [-0.4, -0.2) is 26.4 Å². The number of hydrogen-bond acceptors (Lipinski definition) is 1. The average Bonchev–Trinajstić information content (AvgIpc) is 2.51. The van der Waals surface area contributed by atoms with Crippen LogP contribution < -0.4 is 17.3 Å². The van der Waals surface area contributed by atoms with Crippen LogP contribution in [0.25, 0.3) is 0 Å². The number of Topliss-reactive ketones (excluding diaryl/α,β-unsaturated/α-hetero) is 1. The van der Waals surface area contributed by atoms with Gasteiger partial charge in [0.25, 0.3) is 0 Å². The highest BCUT2D eigenvalue weighted by Crippen LogP contribution is 2.13. The second kappa shape index (κ2) is 23.9. The second-order valence-electron chi connectivity index (χ2n) is 7.59. The largest absolute Gasteiger partial charge is 1.00 e. The molecule has 3 heteroatoms. The van der Waals surface area contributed by atoms with Crippen molar-refractivity contribution in [2.45, 2.75) is 117 Å². The molecule has 0 radical (unpaired) electrons. The van der Waals surface area contributed by atoms with E-state index in [-0.39, 0.29) is 19.8 Å². The molecule has 25 heavy (non-hydrogen) atoms. The van der Waals surface area contributed by atoms with Crippen molar-refractivity contribution in [2.75, 3.05) is 20.6 Å². The molecular weight excluding hydrogens is 330 g/mol. The third-order valence-electron chi connectivity index (χ3n) is 4.69. The van der Waals surface area contributed by atoms with Gasteiger partial charge in [-0.1, -0.05) is 91.4 Å². The minimum atomic E-state index is 0. The van der Waals surface area contributed by atoms with Crippen molar-refractivity contribution >= 4 is 5.78 Å². The fourth-order valence-corrected chi connectivity index (χ4v) is 3.10. The first kappa shape index (κ1) is 29.7. The van der Waals surface area contributed by atoms with Crippen molar-refractivity contribution in [3.8, 4) is 0 Å². The zero-order chi connectivity index (χ0) is 17.2. The van der Waals surface area contributed by atoms with E-state index in [1.807, 2.05) is 0 Å². The van der Waals surface area contributed by atoms with Gasteiger partial charge in [0.05, 0.1) is 20.6 Å². The molecule has 0 amide bonds. The molecule has 0 atom stereocenters. The monoisotopic (exact) mass is 377 g/mol. The molecule has 0 saturated carbocycles. The Morgan fingerprint density at radius 2 is 1.00 bits per heavy atom. The zero-order valence-electron chi connectivity index (χ0n) is 16.8. The minimum Gasteiger partial charge on any atom is -1.00 e. The Bertz CT molecular complexity index is 256. The van der Waals surface area contributed by atoms with Gasteiger partial charge in [-0.2, -0.15) is 0 Å². The SMILES string of the molecule is C.CCCCCCCCCCCCCCCC(=O)CCC[NH+](C)C.[Cl-]. The predicted octanol–water partition coefficient (Wildman–Crippen LogP) is 2.60. The van der Waals surface area contributed by atoms with Crippen LogP contribution in [0.3, 0.4) is 0 Å². The molecule has 0 spiro atoms. The number of halogens is 1.